The highest BCUT2D eigenvalue weighted by atomic mass is 19.1. The Bertz CT molecular complexity index is 436. The molecule has 1 saturated heterocycles. The standard InChI is InChI=1S/C15H22F2N2/c1-10-5-6-19(11(2)7-10)9-15(18)13-8-12(16)3-4-14(13)17/h3-4,8,10-11,15H,5-7,9,18H2,1-2H3. The van der Waals surface area contributed by atoms with Gasteiger partial charge < -0.3 is 5.73 Å². The van der Waals surface area contributed by atoms with E-state index in [9.17, 15) is 8.78 Å². The van der Waals surface area contributed by atoms with E-state index in [0.29, 0.717) is 12.6 Å². The Morgan fingerprint density at radius 3 is 2.79 bits per heavy atom. The summed E-state index contributed by atoms with van der Waals surface area (Å²) in [5, 5.41) is 0. The van der Waals surface area contributed by atoms with Crippen LogP contribution in [-0.2, 0) is 0 Å². The van der Waals surface area contributed by atoms with Gasteiger partial charge in [-0.15, -0.1) is 0 Å². The zero-order chi connectivity index (χ0) is 14.0. The Balaban J connectivity index is 2.04. The SMILES string of the molecule is CC1CCN(CC(N)c2cc(F)ccc2F)C(C)C1. The second-order valence-corrected chi connectivity index (χ2v) is 5.75. The number of likely N-dealkylation sites (tertiary alicyclic amines) is 1. The highest BCUT2D eigenvalue weighted by Gasteiger charge is 2.25. The van der Waals surface area contributed by atoms with Crippen molar-refractivity contribution in [1.82, 2.24) is 4.90 Å². The first-order chi connectivity index (χ1) is 8.97. The summed E-state index contributed by atoms with van der Waals surface area (Å²) in [7, 11) is 0. The molecule has 0 amide bonds. The Morgan fingerprint density at radius 2 is 2.11 bits per heavy atom. The maximum atomic E-state index is 13.7. The van der Waals surface area contributed by atoms with Crippen LogP contribution < -0.4 is 5.73 Å². The predicted molar refractivity (Wildman–Crippen MR) is 72.7 cm³/mol. The second-order valence-electron chi connectivity index (χ2n) is 5.75. The van der Waals surface area contributed by atoms with Crippen LogP contribution in [0.1, 0.15) is 38.3 Å². The summed E-state index contributed by atoms with van der Waals surface area (Å²) in [6.45, 7) is 5.98. The van der Waals surface area contributed by atoms with Crippen LogP contribution in [0.5, 0.6) is 0 Å². The average Bonchev–Trinajstić information content (AvgIpc) is 2.35. The molecule has 0 aromatic heterocycles. The summed E-state index contributed by atoms with van der Waals surface area (Å²) in [6, 6.07) is 3.44. The van der Waals surface area contributed by atoms with E-state index < -0.39 is 17.7 Å². The summed E-state index contributed by atoms with van der Waals surface area (Å²) in [5.41, 5.74) is 6.31. The zero-order valence-corrected chi connectivity index (χ0v) is 11.6. The number of piperidine rings is 1. The third-order valence-corrected chi connectivity index (χ3v) is 4.06. The maximum Gasteiger partial charge on any atom is 0.128 e. The molecular formula is C15H22F2N2. The van der Waals surface area contributed by atoms with Crippen molar-refractivity contribution in [3.8, 4) is 0 Å². The number of benzene rings is 1. The van der Waals surface area contributed by atoms with Gasteiger partial charge in [-0.3, -0.25) is 4.90 Å². The molecule has 1 heterocycles. The van der Waals surface area contributed by atoms with E-state index in [2.05, 4.69) is 18.7 Å². The molecule has 1 aromatic rings. The molecule has 1 aliphatic rings. The molecule has 1 aromatic carbocycles. The lowest BCUT2D eigenvalue weighted by Gasteiger charge is -2.38. The molecule has 0 saturated carbocycles. The molecule has 19 heavy (non-hydrogen) atoms. The van der Waals surface area contributed by atoms with Crippen LogP contribution in [0.25, 0.3) is 0 Å². The lowest BCUT2D eigenvalue weighted by molar-refractivity contribution is 0.121. The highest BCUT2D eigenvalue weighted by molar-refractivity contribution is 5.22. The van der Waals surface area contributed by atoms with Crippen molar-refractivity contribution < 1.29 is 8.78 Å². The summed E-state index contributed by atoms with van der Waals surface area (Å²) in [5.74, 6) is -0.132. The highest BCUT2D eigenvalue weighted by Crippen LogP contribution is 2.25. The maximum absolute atomic E-state index is 13.7. The van der Waals surface area contributed by atoms with Gasteiger partial charge in [-0.1, -0.05) is 6.92 Å². The Labute approximate surface area is 113 Å². The molecule has 0 aliphatic carbocycles. The van der Waals surface area contributed by atoms with Crippen molar-refractivity contribution in [3.63, 3.8) is 0 Å². The quantitative estimate of drug-likeness (QED) is 0.912. The fraction of sp³-hybridized carbons (Fsp3) is 0.600. The van der Waals surface area contributed by atoms with Crippen LogP contribution in [-0.4, -0.2) is 24.0 Å². The molecule has 3 unspecified atom stereocenters. The van der Waals surface area contributed by atoms with Crippen LogP contribution in [0.3, 0.4) is 0 Å². The third kappa shape index (κ3) is 3.51. The van der Waals surface area contributed by atoms with Gasteiger partial charge in [0, 0.05) is 24.2 Å². The van der Waals surface area contributed by atoms with Gasteiger partial charge in [-0.25, -0.2) is 8.78 Å². The molecule has 0 radical (unpaired) electrons. The molecule has 1 fully saturated rings. The minimum Gasteiger partial charge on any atom is -0.323 e. The van der Waals surface area contributed by atoms with E-state index >= 15 is 0 Å². The third-order valence-electron chi connectivity index (χ3n) is 4.06. The van der Waals surface area contributed by atoms with Crippen molar-refractivity contribution in [2.24, 2.45) is 11.7 Å². The van der Waals surface area contributed by atoms with Gasteiger partial charge in [-0.05, 0) is 50.4 Å². The number of rotatable bonds is 3. The second kappa shape index (κ2) is 5.97. The Hall–Kier alpha value is -1.00. The van der Waals surface area contributed by atoms with E-state index in [0.717, 1.165) is 37.4 Å². The van der Waals surface area contributed by atoms with Gasteiger partial charge in [0.05, 0.1) is 0 Å². The van der Waals surface area contributed by atoms with Gasteiger partial charge in [0.1, 0.15) is 11.6 Å². The topological polar surface area (TPSA) is 29.3 Å². The molecule has 106 valence electrons. The molecule has 2 rings (SSSR count). The molecule has 2 N–H and O–H groups in total. The van der Waals surface area contributed by atoms with Crippen molar-refractivity contribution >= 4 is 0 Å². The normalized spacial score (nSPS) is 26.4. The minimum atomic E-state index is -0.480. The molecule has 2 nitrogen and oxygen atoms in total. The minimum absolute atomic E-state index is 0.269. The number of halogens is 2. The van der Waals surface area contributed by atoms with Crippen LogP contribution in [0.4, 0.5) is 8.78 Å². The smallest absolute Gasteiger partial charge is 0.128 e. The Morgan fingerprint density at radius 1 is 1.37 bits per heavy atom. The van der Waals surface area contributed by atoms with E-state index in [-0.39, 0.29) is 5.56 Å². The van der Waals surface area contributed by atoms with E-state index in [4.69, 9.17) is 5.73 Å². The van der Waals surface area contributed by atoms with Gasteiger partial charge >= 0.3 is 0 Å². The monoisotopic (exact) mass is 268 g/mol. The molecule has 0 spiro atoms. The first-order valence-electron chi connectivity index (χ1n) is 6.92. The van der Waals surface area contributed by atoms with Gasteiger partial charge in [0.2, 0.25) is 0 Å². The van der Waals surface area contributed by atoms with Crippen LogP contribution in [0.15, 0.2) is 18.2 Å². The van der Waals surface area contributed by atoms with Gasteiger partial charge in [-0.2, -0.15) is 0 Å². The molecule has 1 aliphatic heterocycles. The lowest BCUT2D eigenvalue weighted by Crippen LogP contribution is -2.43. The molecular weight excluding hydrogens is 246 g/mol. The van der Waals surface area contributed by atoms with Crippen LogP contribution in [0, 0.1) is 17.6 Å². The summed E-state index contributed by atoms with van der Waals surface area (Å²) in [4.78, 5) is 2.27. The average molecular weight is 268 g/mol. The van der Waals surface area contributed by atoms with E-state index in [1.54, 1.807) is 0 Å². The summed E-state index contributed by atoms with van der Waals surface area (Å²) >= 11 is 0. The van der Waals surface area contributed by atoms with Crippen LogP contribution in [0.2, 0.25) is 0 Å². The fourth-order valence-electron chi connectivity index (χ4n) is 2.88. The first kappa shape index (κ1) is 14.4. The van der Waals surface area contributed by atoms with Crippen LogP contribution >= 0.6 is 0 Å². The van der Waals surface area contributed by atoms with Gasteiger partial charge in [0.25, 0.3) is 0 Å². The largest absolute Gasteiger partial charge is 0.323 e. The van der Waals surface area contributed by atoms with E-state index in [1.165, 1.54) is 6.07 Å². The molecule has 0 bridgehead atoms. The van der Waals surface area contributed by atoms with E-state index in [1.807, 2.05) is 0 Å². The Kier molecular flexibility index (Phi) is 4.53. The number of hydrogen-bond donors (Lipinski definition) is 1. The number of hydrogen-bond acceptors (Lipinski definition) is 2. The number of nitrogens with zero attached hydrogens (tertiary/aromatic N) is 1. The van der Waals surface area contributed by atoms with Crippen molar-refractivity contribution in [3.05, 3.63) is 35.4 Å². The molecule has 3 atom stereocenters. The summed E-state index contributed by atoms with van der Waals surface area (Å²) in [6.07, 6.45) is 2.28. The van der Waals surface area contributed by atoms with Crippen molar-refractivity contribution in [1.29, 1.82) is 0 Å². The predicted octanol–water partition coefficient (Wildman–Crippen LogP) is 3.09. The number of nitrogens with two attached hydrogens (primary N) is 1. The molecule has 4 heteroatoms. The first-order valence-corrected chi connectivity index (χ1v) is 6.92. The fourth-order valence-corrected chi connectivity index (χ4v) is 2.88. The van der Waals surface area contributed by atoms with Crippen molar-refractivity contribution in [2.75, 3.05) is 13.1 Å². The van der Waals surface area contributed by atoms with Gasteiger partial charge in [0.15, 0.2) is 0 Å². The zero-order valence-electron chi connectivity index (χ0n) is 11.6. The summed E-state index contributed by atoms with van der Waals surface area (Å²) < 4.78 is 26.8. The lowest BCUT2D eigenvalue weighted by atomic mass is 9.92. The van der Waals surface area contributed by atoms with Crippen molar-refractivity contribution in [2.45, 2.75) is 38.8 Å².